The Hall–Kier alpha value is -4.55. The first kappa shape index (κ1) is 21.7. The Balaban J connectivity index is 1.41. The van der Waals surface area contributed by atoms with Crippen LogP contribution in [0.25, 0.3) is 10.8 Å². The fraction of sp³-hybridized carbons (Fsp3) is 0.240. The number of ketones is 2. The quantitative estimate of drug-likeness (QED) is 0.276. The van der Waals surface area contributed by atoms with Crippen molar-refractivity contribution in [3.05, 3.63) is 62.4 Å². The number of phenols is 3. The molecule has 0 bridgehead atoms. The minimum absolute atomic E-state index is 0.167. The maximum Gasteiger partial charge on any atom is 0.347 e. The molecule has 1 saturated heterocycles. The molecule has 4 N–H and O–H groups in total. The Morgan fingerprint density at radius 2 is 1.70 bits per heavy atom. The van der Waals surface area contributed by atoms with Gasteiger partial charge in [-0.05, 0) is 24.4 Å². The van der Waals surface area contributed by atoms with Crippen LogP contribution in [0.1, 0.15) is 49.8 Å². The fourth-order valence-corrected chi connectivity index (χ4v) is 5.43. The number of aryl methyl sites for hydroxylation is 1. The van der Waals surface area contributed by atoms with Crippen molar-refractivity contribution in [2.24, 2.45) is 0 Å². The van der Waals surface area contributed by atoms with E-state index in [1.165, 1.54) is 0 Å². The van der Waals surface area contributed by atoms with Crippen molar-refractivity contribution in [3.63, 3.8) is 0 Å². The summed E-state index contributed by atoms with van der Waals surface area (Å²) in [6.45, 7) is 1.58. The van der Waals surface area contributed by atoms with Gasteiger partial charge in [0, 0.05) is 11.6 Å². The summed E-state index contributed by atoms with van der Waals surface area (Å²) in [6.07, 6.45) is -2.71. The van der Waals surface area contributed by atoms with E-state index < -0.39 is 81.0 Å². The second kappa shape index (κ2) is 6.60. The molecule has 4 atom stereocenters. The Bertz CT molecular complexity index is 1730. The highest BCUT2D eigenvalue weighted by Gasteiger charge is 2.71. The number of hydrogen-bond donors (Lipinski definition) is 4. The molecule has 1 aromatic heterocycles. The number of rotatable bonds is 1. The summed E-state index contributed by atoms with van der Waals surface area (Å²) in [5.74, 6) is -6.80. The van der Waals surface area contributed by atoms with E-state index in [2.05, 4.69) is 0 Å². The van der Waals surface area contributed by atoms with Crippen molar-refractivity contribution < 1.29 is 53.4 Å². The molecule has 3 aromatic rings. The van der Waals surface area contributed by atoms with Crippen LogP contribution >= 0.6 is 0 Å². The number of ether oxygens (including phenoxy) is 4. The van der Waals surface area contributed by atoms with Crippen LogP contribution in [-0.2, 0) is 9.47 Å². The summed E-state index contributed by atoms with van der Waals surface area (Å²) in [4.78, 5) is 38.0. The smallest absolute Gasteiger partial charge is 0.347 e. The summed E-state index contributed by atoms with van der Waals surface area (Å²) in [7, 11) is 1.16. The van der Waals surface area contributed by atoms with Crippen molar-refractivity contribution in [1.29, 1.82) is 0 Å². The maximum atomic E-state index is 12.8. The average molecular weight is 508 g/mol. The molecule has 1 aliphatic carbocycles. The summed E-state index contributed by atoms with van der Waals surface area (Å²) >= 11 is 0. The molecule has 37 heavy (non-hydrogen) atoms. The number of allylic oxidation sites excluding steroid dienone is 2. The fourth-order valence-electron chi connectivity index (χ4n) is 5.43. The summed E-state index contributed by atoms with van der Waals surface area (Å²) in [6, 6.07) is 3.15. The molecule has 1 fully saturated rings. The zero-order valence-corrected chi connectivity index (χ0v) is 19.0. The molecule has 3 aliphatic heterocycles. The third-order valence-corrected chi connectivity index (χ3v) is 7.12. The van der Waals surface area contributed by atoms with Gasteiger partial charge >= 0.3 is 11.4 Å². The number of aliphatic hydroxyl groups is 1. The van der Waals surface area contributed by atoms with E-state index in [-0.39, 0.29) is 16.9 Å². The zero-order chi connectivity index (χ0) is 26.1. The maximum absolute atomic E-state index is 12.8. The van der Waals surface area contributed by atoms with Crippen molar-refractivity contribution in [3.8, 4) is 28.7 Å². The third kappa shape index (κ3) is 2.45. The first-order valence-corrected chi connectivity index (χ1v) is 11.1. The average Bonchev–Trinajstić information content (AvgIpc) is 3.60. The number of phenolic OH excluding ortho intramolecular Hbond substituents is 3. The summed E-state index contributed by atoms with van der Waals surface area (Å²) < 4.78 is 27.6. The molecule has 1 spiro atoms. The molecule has 2 aromatic carbocycles. The number of epoxide rings is 1. The number of fused-ring (bicyclic) bond motifs is 7. The Labute approximate surface area is 205 Å². The molecule has 12 heteroatoms. The number of aliphatic hydroxyl groups excluding tert-OH is 1. The van der Waals surface area contributed by atoms with Gasteiger partial charge < -0.3 is 43.8 Å². The number of carbonyl (C=O) groups is 2. The monoisotopic (exact) mass is 508 g/mol. The zero-order valence-electron chi connectivity index (χ0n) is 19.0. The van der Waals surface area contributed by atoms with Gasteiger partial charge in [0.15, 0.2) is 46.7 Å². The first-order valence-electron chi connectivity index (χ1n) is 11.1. The van der Waals surface area contributed by atoms with Crippen LogP contribution in [0.2, 0.25) is 0 Å². The molecule has 0 saturated carbocycles. The van der Waals surface area contributed by atoms with Gasteiger partial charge in [-0.2, -0.15) is 0 Å². The summed E-state index contributed by atoms with van der Waals surface area (Å²) in [5.41, 5.74) is -1.93. The second-order valence-corrected chi connectivity index (χ2v) is 9.15. The lowest BCUT2D eigenvalue weighted by Gasteiger charge is -2.34. The molecule has 188 valence electrons. The van der Waals surface area contributed by atoms with Crippen molar-refractivity contribution in [1.82, 2.24) is 0 Å². The molecular formula is C25H16O12. The van der Waals surface area contributed by atoms with E-state index >= 15 is 0 Å². The Morgan fingerprint density at radius 1 is 0.973 bits per heavy atom. The van der Waals surface area contributed by atoms with Crippen molar-refractivity contribution >= 4 is 22.3 Å². The second-order valence-electron chi connectivity index (χ2n) is 9.15. The van der Waals surface area contributed by atoms with E-state index in [0.717, 1.165) is 13.2 Å². The van der Waals surface area contributed by atoms with E-state index in [9.17, 15) is 34.8 Å². The van der Waals surface area contributed by atoms with E-state index in [0.29, 0.717) is 16.7 Å². The van der Waals surface area contributed by atoms with Gasteiger partial charge in [-0.25, -0.2) is 4.79 Å². The molecule has 4 heterocycles. The topological polar surface area (TPSA) is 185 Å². The number of aromatic hydroxyl groups is 3. The Kier molecular flexibility index (Phi) is 3.87. The number of hydrogen-bond acceptors (Lipinski definition) is 12. The van der Waals surface area contributed by atoms with E-state index in [1.54, 1.807) is 19.1 Å². The van der Waals surface area contributed by atoms with E-state index in [1.807, 2.05) is 0 Å². The third-order valence-electron chi connectivity index (χ3n) is 7.12. The van der Waals surface area contributed by atoms with Crippen LogP contribution < -0.4 is 15.1 Å². The number of carbonyl (C=O) groups excluding carboxylic acids is 2. The van der Waals surface area contributed by atoms with Gasteiger partial charge in [-0.1, -0.05) is 0 Å². The predicted octanol–water partition coefficient (Wildman–Crippen LogP) is 1.78. The largest absolute Gasteiger partial charge is 0.507 e. The molecule has 12 nitrogen and oxygen atoms in total. The van der Waals surface area contributed by atoms with Crippen LogP contribution in [0.3, 0.4) is 0 Å². The minimum atomic E-state index is -2.14. The first-order chi connectivity index (χ1) is 17.6. The van der Waals surface area contributed by atoms with Gasteiger partial charge in [0.25, 0.3) is 0 Å². The van der Waals surface area contributed by atoms with Gasteiger partial charge in [0.05, 0.1) is 23.8 Å². The van der Waals surface area contributed by atoms with Crippen molar-refractivity contribution in [2.75, 3.05) is 7.11 Å². The van der Waals surface area contributed by atoms with Crippen LogP contribution in [0, 0.1) is 6.92 Å². The van der Waals surface area contributed by atoms with Gasteiger partial charge in [-0.3, -0.25) is 9.59 Å². The van der Waals surface area contributed by atoms with Gasteiger partial charge in [0.1, 0.15) is 23.0 Å². The lowest BCUT2D eigenvalue weighted by molar-refractivity contribution is -0.185. The van der Waals surface area contributed by atoms with E-state index in [4.69, 9.17) is 23.4 Å². The number of Topliss-reactive ketones (excluding diaryl/α,β-unsaturated/α-hetero) is 1. The molecule has 4 unspecified atom stereocenters. The van der Waals surface area contributed by atoms with Crippen molar-refractivity contribution in [2.45, 2.75) is 31.0 Å². The predicted molar refractivity (Wildman–Crippen MR) is 119 cm³/mol. The SMILES string of the molecule is COC1=CC(=O)c2c(O)c3c(c(O)c2C1=O)OC1(Oc2c(cc4cc(C)oc(=O)c4c2O)C2OC21)C3O. The number of benzene rings is 2. The normalized spacial score (nSPS) is 26.6. The molecule has 4 aliphatic rings. The highest BCUT2D eigenvalue weighted by atomic mass is 16.8. The van der Waals surface area contributed by atoms with Gasteiger partial charge in [-0.15, -0.1) is 0 Å². The minimum Gasteiger partial charge on any atom is -0.507 e. The highest BCUT2D eigenvalue weighted by molar-refractivity contribution is 6.26. The Morgan fingerprint density at radius 3 is 2.43 bits per heavy atom. The summed E-state index contributed by atoms with van der Waals surface area (Å²) in [5, 5.41) is 44.5. The van der Waals surface area contributed by atoms with Gasteiger partial charge in [0.2, 0.25) is 5.78 Å². The molecular weight excluding hydrogens is 492 g/mol. The highest BCUT2D eigenvalue weighted by Crippen LogP contribution is 2.65. The van der Waals surface area contributed by atoms with Crippen LogP contribution in [0.15, 0.2) is 33.2 Å². The lowest BCUT2D eigenvalue weighted by Crippen LogP contribution is -2.51. The molecule has 0 radical (unpaired) electrons. The molecule has 0 amide bonds. The number of methoxy groups -OCH3 is 1. The molecule has 7 rings (SSSR count). The van der Waals surface area contributed by atoms with Crippen LogP contribution in [-0.4, -0.2) is 51.0 Å². The standard InChI is InChI=1S/C25H16O12/c1-6-3-7-4-8-19(17(29)11(7)24(32)34-6)36-25(23-20(8)35-23)22(31)14-16(28)12-9(26)5-10(33-2)15(27)13(12)18(30)21(14)37-25/h3-5,20,22-23,28-31H,1-2H3. The lowest BCUT2D eigenvalue weighted by atomic mass is 9.86. The van der Waals surface area contributed by atoms with Crippen LogP contribution in [0.4, 0.5) is 0 Å². The van der Waals surface area contributed by atoms with Crippen LogP contribution in [0.5, 0.6) is 28.7 Å².